The fourth-order valence-electron chi connectivity index (χ4n) is 4.05. The molecule has 1 unspecified atom stereocenters. The summed E-state index contributed by atoms with van der Waals surface area (Å²) in [5.74, 6) is -1.21. The Morgan fingerprint density at radius 1 is 1.27 bits per heavy atom. The van der Waals surface area contributed by atoms with Gasteiger partial charge in [-0.05, 0) is 13.8 Å². The minimum Gasteiger partial charge on any atom is -0.464 e. The highest BCUT2D eigenvalue weighted by atomic mass is 19.4. The molecule has 8 nitrogen and oxygen atoms in total. The molecule has 2 aromatic heterocycles. The molecule has 30 heavy (non-hydrogen) atoms. The van der Waals surface area contributed by atoms with Gasteiger partial charge in [-0.1, -0.05) is 0 Å². The van der Waals surface area contributed by atoms with Gasteiger partial charge in [0, 0.05) is 39.0 Å². The molecule has 164 valence electrons. The second kappa shape index (κ2) is 7.38. The van der Waals surface area contributed by atoms with Gasteiger partial charge in [-0.2, -0.15) is 23.3 Å². The quantitative estimate of drug-likeness (QED) is 0.747. The summed E-state index contributed by atoms with van der Waals surface area (Å²) in [7, 11) is 1.51. The maximum absolute atomic E-state index is 13.6. The lowest BCUT2D eigenvalue weighted by Crippen LogP contribution is -2.50. The van der Waals surface area contributed by atoms with Crippen LogP contribution in [0.25, 0.3) is 11.0 Å². The number of alkyl halides is 3. The second-order valence-electron chi connectivity index (χ2n) is 7.61. The number of ether oxygens (including phenoxy) is 3. The van der Waals surface area contributed by atoms with E-state index < -0.39 is 23.6 Å². The second-order valence-corrected chi connectivity index (χ2v) is 7.61. The van der Waals surface area contributed by atoms with Gasteiger partial charge in [-0.15, -0.1) is 0 Å². The molecule has 4 rings (SSSR count). The van der Waals surface area contributed by atoms with Gasteiger partial charge in [0.25, 0.3) is 5.91 Å². The van der Waals surface area contributed by atoms with Crippen LogP contribution in [-0.2, 0) is 27.5 Å². The molecule has 0 aliphatic carbocycles. The molecule has 1 amide bonds. The van der Waals surface area contributed by atoms with Gasteiger partial charge in [-0.25, -0.2) is 0 Å². The summed E-state index contributed by atoms with van der Waals surface area (Å²) >= 11 is 0. The smallest absolute Gasteiger partial charge is 0.417 e. The predicted octanol–water partition coefficient (Wildman–Crippen LogP) is 2.43. The molecule has 2 aromatic rings. The molecule has 1 atom stereocenters. The fraction of sp³-hybridized carbons (Fsp3) is 0.632. The molecule has 0 aromatic carbocycles. The van der Waals surface area contributed by atoms with Crippen molar-refractivity contribution < 1.29 is 32.2 Å². The maximum Gasteiger partial charge on any atom is 0.417 e. The van der Waals surface area contributed by atoms with Crippen molar-refractivity contribution in [1.29, 1.82) is 0 Å². The lowest BCUT2D eigenvalue weighted by atomic mass is 10.0. The highest BCUT2D eigenvalue weighted by molar-refractivity contribution is 5.84. The Hall–Kier alpha value is -2.40. The van der Waals surface area contributed by atoms with Crippen LogP contribution in [0.5, 0.6) is 5.88 Å². The number of rotatable bonds is 3. The van der Waals surface area contributed by atoms with Crippen molar-refractivity contribution in [3.63, 3.8) is 0 Å². The minimum atomic E-state index is -4.61. The number of likely N-dealkylation sites (tertiary alicyclic amines) is 1. The normalized spacial score (nSPS) is 20.1. The van der Waals surface area contributed by atoms with Crippen molar-refractivity contribution in [2.45, 2.75) is 44.8 Å². The number of nitrogens with zero attached hydrogens (tertiary/aromatic N) is 4. The first-order chi connectivity index (χ1) is 14.1. The van der Waals surface area contributed by atoms with E-state index in [4.69, 9.17) is 14.2 Å². The molecule has 0 bridgehead atoms. The molecular formula is C19H23F3N4O4. The summed E-state index contributed by atoms with van der Waals surface area (Å²) < 4.78 is 58.9. The third-order valence-electron chi connectivity index (χ3n) is 5.55. The number of amides is 1. The van der Waals surface area contributed by atoms with Gasteiger partial charge in [0.1, 0.15) is 0 Å². The molecule has 0 saturated carbocycles. The monoisotopic (exact) mass is 428 g/mol. The standard InChI is InChI=1S/C19H23F3N4O4/c1-11-15-13(19(20,21)22)10-14(23-16(15)25(3)24-11)30-12(2)17(27)26-6-4-18(5-7-26)28-8-9-29-18/h10,12H,4-9H2,1-3H3. The summed E-state index contributed by atoms with van der Waals surface area (Å²) in [5, 5.41) is 3.95. The summed E-state index contributed by atoms with van der Waals surface area (Å²) in [6.07, 6.45) is -4.52. The molecule has 4 heterocycles. The summed E-state index contributed by atoms with van der Waals surface area (Å²) in [6.45, 7) is 4.92. The number of fused-ring (bicyclic) bond motifs is 1. The lowest BCUT2D eigenvalue weighted by molar-refractivity contribution is -0.188. The summed E-state index contributed by atoms with van der Waals surface area (Å²) in [6, 6.07) is 0.826. The molecular weight excluding hydrogens is 405 g/mol. The zero-order valence-corrected chi connectivity index (χ0v) is 17.0. The highest BCUT2D eigenvalue weighted by Gasteiger charge is 2.42. The van der Waals surface area contributed by atoms with Crippen LogP contribution in [0.15, 0.2) is 6.07 Å². The Morgan fingerprint density at radius 2 is 1.90 bits per heavy atom. The van der Waals surface area contributed by atoms with Gasteiger partial charge < -0.3 is 19.1 Å². The Labute approximate surface area is 170 Å². The molecule has 2 aliphatic rings. The number of aromatic nitrogens is 3. The van der Waals surface area contributed by atoms with Gasteiger partial charge in [0.15, 0.2) is 17.5 Å². The van der Waals surface area contributed by atoms with Crippen LogP contribution in [0.2, 0.25) is 0 Å². The van der Waals surface area contributed by atoms with E-state index in [1.165, 1.54) is 25.6 Å². The third kappa shape index (κ3) is 3.71. The van der Waals surface area contributed by atoms with E-state index in [1.54, 1.807) is 4.90 Å². The molecule has 11 heteroatoms. The number of carbonyl (C=O) groups is 1. The topological polar surface area (TPSA) is 78.7 Å². The highest BCUT2D eigenvalue weighted by Crippen LogP contribution is 2.38. The van der Waals surface area contributed by atoms with Crippen molar-refractivity contribution in [1.82, 2.24) is 19.7 Å². The minimum absolute atomic E-state index is 0.0485. The van der Waals surface area contributed by atoms with Crippen molar-refractivity contribution in [2.75, 3.05) is 26.3 Å². The molecule has 0 radical (unpaired) electrons. The number of hydrogen-bond acceptors (Lipinski definition) is 6. The van der Waals surface area contributed by atoms with Gasteiger partial charge in [0.2, 0.25) is 5.88 Å². The van der Waals surface area contributed by atoms with Crippen LogP contribution in [0.3, 0.4) is 0 Å². The van der Waals surface area contributed by atoms with E-state index in [-0.39, 0.29) is 28.5 Å². The SMILES string of the molecule is Cc1nn(C)c2nc(OC(C)C(=O)N3CCC4(CC3)OCCO4)cc(C(F)(F)F)c12. The van der Waals surface area contributed by atoms with Gasteiger partial charge in [-0.3, -0.25) is 9.48 Å². The Kier molecular flexibility index (Phi) is 5.13. The van der Waals surface area contributed by atoms with Crippen LogP contribution in [-0.4, -0.2) is 63.8 Å². The average Bonchev–Trinajstić information content (AvgIpc) is 3.25. The average molecular weight is 428 g/mol. The largest absolute Gasteiger partial charge is 0.464 e. The molecule has 1 spiro atoms. The molecule has 0 N–H and O–H groups in total. The van der Waals surface area contributed by atoms with Crippen LogP contribution in [0.1, 0.15) is 31.0 Å². The van der Waals surface area contributed by atoms with E-state index in [0.29, 0.717) is 39.1 Å². The number of halogens is 3. The Morgan fingerprint density at radius 3 is 2.50 bits per heavy atom. The number of pyridine rings is 1. The molecule has 2 saturated heterocycles. The first-order valence-electron chi connectivity index (χ1n) is 9.74. The van der Waals surface area contributed by atoms with E-state index in [9.17, 15) is 18.0 Å². The van der Waals surface area contributed by atoms with Crippen LogP contribution >= 0.6 is 0 Å². The molecule has 2 aliphatic heterocycles. The zero-order chi connectivity index (χ0) is 21.7. The number of carbonyl (C=O) groups excluding carboxylic acids is 1. The van der Waals surface area contributed by atoms with Crippen LogP contribution in [0, 0.1) is 6.92 Å². The number of aryl methyl sites for hydroxylation is 2. The van der Waals surface area contributed by atoms with Crippen LogP contribution < -0.4 is 4.74 Å². The van der Waals surface area contributed by atoms with E-state index >= 15 is 0 Å². The first kappa shape index (κ1) is 20.9. The van der Waals surface area contributed by atoms with E-state index in [1.807, 2.05) is 0 Å². The Bertz CT molecular complexity index is 959. The van der Waals surface area contributed by atoms with Gasteiger partial charge >= 0.3 is 6.18 Å². The Balaban J connectivity index is 1.52. The van der Waals surface area contributed by atoms with E-state index in [0.717, 1.165) is 6.07 Å². The first-order valence-corrected chi connectivity index (χ1v) is 9.74. The summed E-state index contributed by atoms with van der Waals surface area (Å²) in [4.78, 5) is 18.5. The number of piperidine rings is 1. The molecule has 2 fully saturated rings. The van der Waals surface area contributed by atoms with Crippen molar-refractivity contribution in [3.05, 3.63) is 17.3 Å². The lowest BCUT2D eigenvalue weighted by Gasteiger charge is -2.38. The predicted molar refractivity (Wildman–Crippen MR) is 98.8 cm³/mol. The van der Waals surface area contributed by atoms with Crippen molar-refractivity contribution >= 4 is 16.9 Å². The fourth-order valence-corrected chi connectivity index (χ4v) is 4.05. The summed E-state index contributed by atoms with van der Waals surface area (Å²) in [5.41, 5.74) is -0.614. The van der Waals surface area contributed by atoms with Crippen LogP contribution in [0.4, 0.5) is 13.2 Å². The zero-order valence-electron chi connectivity index (χ0n) is 17.0. The third-order valence-corrected chi connectivity index (χ3v) is 5.55. The van der Waals surface area contributed by atoms with Gasteiger partial charge in [0.05, 0.1) is 29.9 Å². The van der Waals surface area contributed by atoms with E-state index in [2.05, 4.69) is 10.1 Å². The maximum atomic E-state index is 13.6. The number of hydrogen-bond donors (Lipinski definition) is 0. The van der Waals surface area contributed by atoms with Crippen molar-refractivity contribution in [2.24, 2.45) is 7.05 Å². The van der Waals surface area contributed by atoms with Crippen molar-refractivity contribution in [3.8, 4) is 5.88 Å².